The van der Waals surface area contributed by atoms with Gasteiger partial charge < -0.3 is 30.9 Å². The molecule has 1 aromatic heterocycles. The lowest BCUT2D eigenvalue weighted by Gasteiger charge is -2.18. The average Bonchev–Trinajstić information content (AvgIpc) is 3.34. The van der Waals surface area contributed by atoms with Gasteiger partial charge >= 0.3 is 6.18 Å². The summed E-state index contributed by atoms with van der Waals surface area (Å²) in [5, 5.41) is 36.3. The van der Waals surface area contributed by atoms with Crippen LogP contribution < -0.4 is 10.6 Å². The predicted octanol–water partition coefficient (Wildman–Crippen LogP) is 4.57. The van der Waals surface area contributed by atoms with Gasteiger partial charge in [0.2, 0.25) is 0 Å². The molecule has 4 rings (SSSR count). The normalized spacial score (nSPS) is 13.4. The Bertz CT molecular complexity index is 1430. The minimum atomic E-state index is -4.40. The summed E-state index contributed by atoms with van der Waals surface area (Å²) in [7, 11) is 0. The molecular weight excluding hydrogens is 511 g/mol. The number of aliphatic hydroxyl groups is 2. The number of aromatic nitrogens is 1. The summed E-state index contributed by atoms with van der Waals surface area (Å²) in [6, 6.07) is 16.8. The molecule has 0 aliphatic heterocycles. The van der Waals surface area contributed by atoms with Crippen molar-refractivity contribution in [2.24, 2.45) is 0 Å². The molecule has 0 radical (unpaired) electrons. The van der Waals surface area contributed by atoms with Crippen molar-refractivity contribution in [2.75, 3.05) is 6.54 Å². The summed E-state index contributed by atoms with van der Waals surface area (Å²) in [6.07, 6.45) is -4.55. The number of amides is 1. The molecule has 0 saturated heterocycles. The fourth-order valence-corrected chi connectivity index (χ4v) is 4.32. The van der Waals surface area contributed by atoms with E-state index in [1.54, 1.807) is 18.2 Å². The molecule has 0 aliphatic rings. The molecule has 39 heavy (non-hydrogen) atoms. The molecule has 6 N–H and O–H groups in total. The number of hydrogen-bond acceptors (Lipinski definition) is 5. The van der Waals surface area contributed by atoms with E-state index in [2.05, 4.69) is 15.6 Å². The van der Waals surface area contributed by atoms with Crippen molar-refractivity contribution < 1.29 is 33.3 Å². The second-order valence-electron chi connectivity index (χ2n) is 9.56. The Morgan fingerprint density at radius 3 is 2.41 bits per heavy atom. The summed E-state index contributed by atoms with van der Waals surface area (Å²) >= 11 is 0. The van der Waals surface area contributed by atoms with E-state index in [1.807, 2.05) is 25.1 Å². The van der Waals surface area contributed by atoms with E-state index in [4.69, 9.17) is 0 Å². The Kier molecular flexibility index (Phi) is 8.59. The van der Waals surface area contributed by atoms with Crippen LogP contribution in [0, 0.1) is 0 Å². The first kappa shape index (κ1) is 28.2. The molecule has 0 fully saturated rings. The van der Waals surface area contributed by atoms with E-state index in [-0.39, 0.29) is 37.4 Å². The topological polar surface area (TPSA) is 118 Å². The number of fused-ring (bicyclic) bond motifs is 1. The fraction of sp³-hybridized carbons (Fsp3) is 0.276. The van der Waals surface area contributed by atoms with Crippen LogP contribution in [0.15, 0.2) is 66.7 Å². The second kappa shape index (κ2) is 11.9. The lowest BCUT2D eigenvalue weighted by molar-refractivity contribution is -0.137. The lowest BCUT2D eigenvalue weighted by Crippen LogP contribution is -2.32. The zero-order chi connectivity index (χ0) is 28.2. The van der Waals surface area contributed by atoms with E-state index >= 15 is 0 Å². The molecule has 0 spiro atoms. The number of nitrogens with one attached hydrogen (secondary N) is 3. The van der Waals surface area contributed by atoms with Crippen LogP contribution >= 0.6 is 0 Å². The largest absolute Gasteiger partial charge is 0.508 e. The number of carbonyl (C=O) groups excluding carboxylic acids is 1. The Balaban J connectivity index is 1.31. The van der Waals surface area contributed by atoms with E-state index in [1.165, 1.54) is 18.2 Å². The van der Waals surface area contributed by atoms with Crippen LogP contribution in [-0.2, 0) is 25.7 Å². The highest BCUT2D eigenvalue weighted by atomic mass is 19.4. The lowest BCUT2D eigenvalue weighted by atomic mass is 10.0. The number of alkyl halides is 3. The van der Waals surface area contributed by atoms with Gasteiger partial charge in [-0.05, 0) is 72.5 Å². The minimum absolute atomic E-state index is 0.0188. The SMILES string of the molecule is C[C@H](Cc1ccc2[nH]c(C(=O)NCc3ccc(C(F)(F)F)cc3)cc2c1)NC[C@H](O)c1ccc(O)c(CO)c1. The van der Waals surface area contributed by atoms with E-state index in [0.29, 0.717) is 28.8 Å². The third-order valence-electron chi connectivity index (χ3n) is 6.52. The van der Waals surface area contributed by atoms with Crippen LogP contribution in [0.25, 0.3) is 10.9 Å². The number of rotatable bonds is 10. The van der Waals surface area contributed by atoms with E-state index in [0.717, 1.165) is 28.6 Å². The van der Waals surface area contributed by atoms with Gasteiger partial charge in [0.1, 0.15) is 11.4 Å². The van der Waals surface area contributed by atoms with Crippen LogP contribution in [0.2, 0.25) is 0 Å². The third-order valence-corrected chi connectivity index (χ3v) is 6.52. The van der Waals surface area contributed by atoms with E-state index in [9.17, 15) is 33.3 Å². The van der Waals surface area contributed by atoms with Gasteiger partial charge in [0.25, 0.3) is 5.91 Å². The molecule has 0 aliphatic carbocycles. The number of phenols is 1. The third kappa shape index (κ3) is 7.17. The molecule has 0 unspecified atom stereocenters. The summed E-state index contributed by atoms with van der Waals surface area (Å²) in [4.78, 5) is 15.7. The zero-order valence-electron chi connectivity index (χ0n) is 21.2. The first-order chi connectivity index (χ1) is 18.5. The molecule has 0 bridgehead atoms. The number of halogens is 3. The molecule has 0 saturated carbocycles. The minimum Gasteiger partial charge on any atom is -0.508 e. The molecule has 1 heterocycles. The van der Waals surface area contributed by atoms with Crippen LogP contribution in [0.5, 0.6) is 5.75 Å². The quantitative estimate of drug-likeness (QED) is 0.176. The first-order valence-electron chi connectivity index (χ1n) is 12.4. The number of aliphatic hydroxyl groups excluding tert-OH is 2. The van der Waals surface area contributed by atoms with Crippen molar-refractivity contribution in [3.63, 3.8) is 0 Å². The van der Waals surface area contributed by atoms with Crippen molar-refractivity contribution in [3.8, 4) is 5.75 Å². The van der Waals surface area contributed by atoms with E-state index < -0.39 is 17.8 Å². The molecule has 10 heteroatoms. The molecule has 206 valence electrons. The summed E-state index contributed by atoms with van der Waals surface area (Å²) in [5.41, 5.74) is 2.92. The van der Waals surface area contributed by atoms with Crippen molar-refractivity contribution >= 4 is 16.8 Å². The summed E-state index contributed by atoms with van der Waals surface area (Å²) in [5.74, 6) is -0.384. The van der Waals surface area contributed by atoms with Gasteiger partial charge in [0.15, 0.2) is 0 Å². The molecule has 3 aromatic carbocycles. The van der Waals surface area contributed by atoms with Gasteiger partial charge in [-0.1, -0.05) is 24.3 Å². The molecule has 1 amide bonds. The highest BCUT2D eigenvalue weighted by Gasteiger charge is 2.29. The number of aromatic hydroxyl groups is 1. The van der Waals surface area contributed by atoms with Gasteiger partial charge in [-0.15, -0.1) is 0 Å². The fourth-order valence-electron chi connectivity index (χ4n) is 4.32. The van der Waals surface area contributed by atoms with Crippen molar-refractivity contribution in [2.45, 2.75) is 44.8 Å². The van der Waals surface area contributed by atoms with Crippen molar-refractivity contribution in [1.82, 2.24) is 15.6 Å². The average molecular weight is 542 g/mol. The maximum absolute atomic E-state index is 12.7. The Labute approximate surface area is 223 Å². The molecule has 7 nitrogen and oxygen atoms in total. The molecule has 4 aromatic rings. The van der Waals surface area contributed by atoms with Gasteiger partial charge in [0, 0.05) is 35.6 Å². The number of hydrogen-bond donors (Lipinski definition) is 6. The smallest absolute Gasteiger partial charge is 0.416 e. The van der Waals surface area contributed by atoms with Crippen LogP contribution in [0.3, 0.4) is 0 Å². The standard InChI is InChI=1S/C29H30F3N3O4/c1-17(33-15-27(38)20-5-9-26(37)22(12-20)16-36)10-19-4-8-24-21(11-19)13-25(35-24)28(39)34-14-18-2-6-23(7-3-18)29(30,31)32/h2-9,11-13,17,27,33,35-38H,10,14-16H2,1H3,(H,34,39)/t17-,27+/m1/s1. The van der Waals surface area contributed by atoms with Gasteiger partial charge in [0.05, 0.1) is 18.3 Å². The Hall–Kier alpha value is -3.86. The summed E-state index contributed by atoms with van der Waals surface area (Å²) < 4.78 is 38.2. The Morgan fingerprint density at radius 1 is 1.00 bits per heavy atom. The predicted molar refractivity (Wildman–Crippen MR) is 141 cm³/mol. The number of benzene rings is 3. The maximum Gasteiger partial charge on any atom is 0.416 e. The van der Waals surface area contributed by atoms with Crippen molar-refractivity contribution in [1.29, 1.82) is 0 Å². The van der Waals surface area contributed by atoms with Crippen LogP contribution in [0.4, 0.5) is 13.2 Å². The van der Waals surface area contributed by atoms with Crippen molar-refractivity contribution in [3.05, 3.63) is 100 Å². The first-order valence-corrected chi connectivity index (χ1v) is 12.4. The van der Waals surface area contributed by atoms with Crippen LogP contribution in [0.1, 0.15) is 51.3 Å². The number of H-pyrrole nitrogens is 1. The zero-order valence-corrected chi connectivity index (χ0v) is 21.2. The highest BCUT2D eigenvalue weighted by molar-refractivity contribution is 5.98. The second-order valence-corrected chi connectivity index (χ2v) is 9.56. The molecule has 2 atom stereocenters. The van der Waals surface area contributed by atoms with Gasteiger partial charge in [-0.3, -0.25) is 4.79 Å². The van der Waals surface area contributed by atoms with Crippen LogP contribution in [-0.4, -0.2) is 38.8 Å². The van der Waals surface area contributed by atoms with Gasteiger partial charge in [-0.2, -0.15) is 13.2 Å². The monoisotopic (exact) mass is 541 g/mol. The number of carbonyl (C=O) groups is 1. The molecular formula is C29H30F3N3O4. The Morgan fingerprint density at radius 2 is 1.72 bits per heavy atom. The summed E-state index contributed by atoms with van der Waals surface area (Å²) in [6.45, 7) is 2.05. The number of aromatic amines is 1. The highest BCUT2D eigenvalue weighted by Crippen LogP contribution is 2.29. The van der Waals surface area contributed by atoms with Gasteiger partial charge in [-0.25, -0.2) is 0 Å². The maximum atomic E-state index is 12.7.